The second-order valence-corrected chi connectivity index (χ2v) is 12.1. The van der Waals surface area contributed by atoms with Crippen molar-refractivity contribution in [1.29, 1.82) is 0 Å². The molecule has 5 atom stereocenters. The van der Waals surface area contributed by atoms with Gasteiger partial charge in [0.2, 0.25) is 0 Å². The van der Waals surface area contributed by atoms with Crippen LogP contribution in [0.3, 0.4) is 0 Å². The van der Waals surface area contributed by atoms with Crippen molar-refractivity contribution in [3.05, 3.63) is 161 Å². The zero-order valence-corrected chi connectivity index (χ0v) is 28.4. The van der Waals surface area contributed by atoms with Crippen LogP contribution in [-0.4, -0.2) is 50.3 Å². The predicted molar refractivity (Wildman–Crippen MR) is 190 cm³/mol. The fraction of sp³-hybridized carbons (Fsp3) is 0.286. The molecule has 1 fully saturated rings. The predicted octanol–water partition coefficient (Wildman–Crippen LogP) is 7.82. The van der Waals surface area contributed by atoms with Gasteiger partial charge in [-0.3, -0.25) is 0 Å². The Morgan fingerprint density at radius 3 is 1.36 bits per heavy atom. The van der Waals surface area contributed by atoms with E-state index < -0.39 is 30.5 Å². The van der Waals surface area contributed by atoms with Gasteiger partial charge in [0.25, 0.3) is 0 Å². The maximum absolute atomic E-state index is 10.6. The summed E-state index contributed by atoms with van der Waals surface area (Å²) in [5, 5.41) is 10.6. The first-order chi connectivity index (χ1) is 24.6. The highest BCUT2D eigenvalue weighted by Gasteiger charge is 2.50. The van der Waals surface area contributed by atoms with Crippen LogP contribution in [0.1, 0.15) is 33.9 Å². The molecule has 0 aromatic heterocycles. The molecule has 8 nitrogen and oxygen atoms in total. The summed E-state index contributed by atoms with van der Waals surface area (Å²) in [7, 11) is 3.10. The van der Waals surface area contributed by atoms with Gasteiger partial charge in [0, 0.05) is 12.1 Å². The van der Waals surface area contributed by atoms with Crippen molar-refractivity contribution in [2.45, 2.75) is 56.9 Å². The Labute approximate surface area is 294 Å². The molecule has 50 heavy (non-hydrogen) atoms. The smallest absolute Gasteiger partial charge is 0.132 e. The number of aromatic hydroxyl groups is 1. The molecule has 1 N–H and O–H groups in total. The molecule has 0 radical (unpaired) electrons. The van der Waals surface area contributed by atoms with Crippen LogP contribution in [0.25, 0.3) is 0 Å². The molecule has 0 amide bonds. The van der Waals surface area contributed by atoms with E-state index in [1.807, 2.05) is 121 Å². The van der Waals surface area contributed by atoms with E-state index in [-0.39, 0.29) is 12.4 Å². The number of hydrogen-bond acceptors (Lipinski definition) is 8. The number of phenolic OH excluding ortho intramolecular Hbond substituents is 1. The summed E-state index contributed by atoms with van der Waals surface area (Å²) in [6.07, 6.45) is -3.27. The first kappa shape index (κ1) is 35.1. The van der Waals surface area contributed by atoms with Crippen LogP contribution < -0.4 is 9.47 Å². The lowest BCUT2D eigenvalue weighted by atomic mass is 9.89. The van der Waals surface area contributed by atoms with E-state index in [2.05, 4.69) is 0 Å². The Hall–Kier alpha value is -4.70. The molecule has 8 heteroatoms. The normalized spacial score (nSPS) is 20.3. The minimum Gasteiger partial charge on any atom is -0.508 e. The molecule has 0 bridgehead atoms. The van der Waals surface area contributed by atoms with Crippen LogP contribution in [0.5, 0.6) is 17.2 Å². The Bertz CT molecular complexity index is 1690. The van der Waals surface area contributed by atoms with Gasteiger partial charge in [0.1, 0.15) is 47.8 Å². The fourth-order valence-corrected chi connectivity index (χ4v) is 6.23. The number of methoxy groups -OCH3 is 2. The molecule has 1 aliphatic heterocycles. The molecule has 5 aromatic carbocycles. The van der Waals surface area contributed by atoms with Gasteiger partial charge in [-0.15, -0.1) is 0 Å². The Morgan fingerprint density at radius 2 is 0.920 bits per heavy atom. The SMILES string of the molecule is COc1cc(O)cc(OC)c1[C@@H]1O[C@H](COCc2ccccc2)[C@@H](OCc2ccccc2)[C@H](OCc2ccccc2)[C@H]1OCc1ccccc1. The van der Waals surface area contributed by atoms with Gasteiger partial charge in [-0.1, -0.05) is 121 Å². The zero-order chi connectivity index (χ0) is 34.5. The van der Waals surface area contributed by atoms with E-state index in [0.29, 0.717) is 43.5 Å². The second kappa shape index (κ2) is 17.8. The summed E-state index contributed by atoms with van der Waals surface area (Å²) in [5.41, 5.74) is 4.66. The van der Waals surface area contributed by atoms with Crippen LogP contribution in [0, 0.1) is 0 Å². The monoisotopic (exact) mass is 676 g/mol. The maximum atomic E-state index is 10.6. The average molecular weight is 677 g/mol. The summed E-state index contributed by atoms with van der Waals surface area (Å²) >= 11 is 0. The first-order valence-corrected chi connectivity index (χ1v) is 16.8. The molecular weight excluding hydrogens is 632 g/mol. The van der Waals surface area contributed by atoms with Crippen LogP contribution in [-0.2, 0) is 50.1 Å². The van der Waals surface area contributed by atoms with E-state index in [0.717, 1.165) is 22.3 Å². The summed E-state index contributed by atoms with van der Waals surface area (Å²) in [5.74, 6) is 0.799. The van der Waals surface area contributed by atoms with Gasteiger partial charge >= 0.3 is 0 Å². The second-order valence-electron chi connectivity index (χ2n) is 12.1. The number of rotatable bonds is 16. The van der Waals surface area contributed by atoms with Crippen molar-refractivity contribution in [1.82, 2.24) is 0 Å². The first-order valence-electron chi connectivity index (χ1n) is 16.8. The summed E-state index contributed by atoms with van der Waals surface area (Å²) in [6, 6.07) is 43.1. The largest absolute Gasteiger partial charge is 0.508 e. The summed E-state index contributed by atoms with van der Waals surface area (Å²) in [6.45, 7) is 1.54. The molecule has 0 aliphatic carbocycles. The molecular formula is C42H44O8. The fourth-order valence-electron chi connectivity index (χ4n) is 6.23. The van der Waals surface area contributed by atoms with E-state index in [4.69, 9.17) is 33.2 Å². The maximum Gasteiger partial charge on any atom is 0.132 e. The molecule has 1 heterocycles. The van der Waals surface area contributed by atoms with Gasteiger partial charge in [-0.25, -0.2) is 0 Å². The number of benzene rings is 5. The summed E-state index contributed by atoms with van der Waals surface area (Å²) in [4.78, 5) is 0. The number of hydrogen-bond donors (Lipinski definition) is 1. The standard InChI is InChI=1S/C42H44O8/c1-44-35-23-34(43)24-36(45-2)38(35)40-42(49-28-33-21-13-6-14-22-33)41(48-27-32-19-11-5-12-20-32)39(47-26-31-17-9-4-10-18-31)37(50-40)29-46-25-30-15-7-3-8-16-30/h3-24,37,39-43H,25-29H2,1-2H3/t37-,39-,40+,41+,42+/m1/s1. The average Bonchev–Trinajstić information content (AvgIpc) is 3.17. The van der Waals surface area contributed by atoms with Gasteiger partial charge in [0.15, 0.2) is 0 Å². The molecule has 5 aromatic rings. The molecule has 1 aliphatic rings. The van der Waals surface area contributed by atoms with E-state index in [1.54, 1.807) is 26.4 Å². The van der Waals surface area contributed by atoms with Gasteiger partial charge < -0.3 is 38.3 Å². The third-order valence-electron chi connectivity index (χ3n) is 8.70. The highest BCUT2D eigenvalue weighted by atomic mass is 16.6. The quantitative estimate of drug-likeness (QED) is 0.113. The van der Waals surface area contributed by atoms with Crippen LogP contribution >= 0.6 is 0 Å². The van der Waals surface area contributed by atoms with Crippen molar-refractivity contribution in [2.24, 2.45) is 0 Å². The number of phenols is 1. The lowest BCUT2D eigenvalue weighted by molar-refractivity contribution is -0.275. The van der Waals surface area contributed by atoms with Gasteiger partial charge in [-0.05, 0) is 22.3 Å². The lowest BCUT2D eigenvalue weighted by Gasteiger charge is -2.46. The van der Waals surface area contributed by atoms with E-state index >= 15 is 0 Å². The van der Waals surface area contributed by atoms with E-state index in [9.17, 15) is 5.11 Å². The van der Waals surface area contributed by atoms with Crippen LogP contribution in [0.2, 0.25) is 0 Å². The molecule has 6 rings (SSSR count). The highest BCUT2D eigenvalue weighted by molar-refractivity contribution is 5.52. The van der Waals surface area contributed by atoms with Crippen LogP contribution in [0.15, 0.2) is 133 Å². The van der Waals surface area contributed by atoms with Crippen molar-refractivity contribution in [3.63, 3.8) is 0 Å². The third-order valence-corrected chi connectivity index (χ3v) is 8.70. The molecule has 1 saturated heterocycles. The Kier molecular flexibility index (Phi) is 12.5. The minimum absolute atomic E-state index is 0.00343. The molecule has 260 valence electrons. The topological polar surface area (TPSA) is 84.8 Å². The van der Waals surface area contributed by atoms with Gasteiger partial charge in [-0.2, -0.15) is 0 Å². The lowest BCUT2D eigenvalue weighted by Crippen LogP contribution is -2.58. The van der Waals surface area contributed by atoms with Crippen molar-refractivity contribution in [3.8, 4) is 17.2 Å². The van der Waals surface area contributed by atoms with Crippen molar-refractivity contribution >= 4 is 0 Å². The number of ether oxygens (including phenoxy) is 7. The molecule has 0 spiro atoms. The van der Waals surface area contributed by atoms with Crippen LogP contribution in [0.4, 0.5) is 0 Å². The molecule has 0 saturated carbocycles. The molecule has 0 unspecified atom stereocenters. The summed E-state index contributed by atoms with van der Waals surface area (Å²) < 4.78 is 45.5. The third kappa shape index (κ3) is 9.09. The Balaban J connectivity index is 1.41. The van der Waals surface area contributed by atoms with Gasteiger partial charge in [0.05, 0.1) is 52.8 Å². The Morgan fingerprint density at radius 1 is 0.520 bits per heavy atom. The van der Waals surface area contributed by atoms with E-state index in [1.165, 1.54) is 0 Å². The minimum atomic E-state index is -0.758. The van der Waals surface area contributed by atoms with Crippen molar-refractivity contribution < 1.29 is 38.3 Å². The highest BCUT2D eigenvalue weighted by Crippen LogP contribution is 2.46. The van der Waals surface area contributed by atoms with Crippen molar-refractivity contribution in [2.75, 3.05) is 20.8 Å². The zero-order valence-electron chi connectivity index (χ0n) is 28.4.